The molecule has 1 unspecified atom stereocenters. The smallest absolute Gasteiger partial charge is 0.410 e. The van der Waals surface area contributed by atoms with E-state index in [1.165, 1.54) is 0 Å². The summed E-state index contributed by atoms with van der Waals surface area (Å²) in [5, 5.41) is 3.25. The second kappa shape index (κ2) is 3.42. The fourth-order valence-corrected chi connectivity index (χ4v) is 2.22. The molecule has 80 valence electrons. The molecule has 2 fully saturated rings. The van der Waals surface area contributed by atoms with Gasteiger partial charge in [-0.15, -0.1) is 0 Å². The van der Waals surface area contributed by atoms with Crippen LogP contribution in [0.3, 0.4) is 0 Å². The first kappa shape index (κ1) is 9.77. The first-order chi connectivity index (χ1) is 6.61. The lowest BCUT2D eigenvalue weighted by molar-refractivity contribution is 0.0727. The second-order valence-electron chi connectivity index (χ2n) is 4.75. The standard InChI is InChI=1S/C10H18N2O2/c1-8(2)5-12-7-10(14-9(12)13)3-4-11-6-10/h8,11H,3-7H2,1-2H3. The predicted molar refractivity (Wildman–Crippen MR) is 53.1 cm³/mol. The fourth-order valence-electron chi connectivity index (χ4n) is 2.22. The number of hydrogen-bond acceptors (Lipinski definition) is 3. The van der Waals surface area contributed by atoms with E-state index in [1.807, 2.05) is 4.90 Å². The van der Waals surface area contributed by atoms with Gasteiger partial charge in [0.05, 0.1) is 6.54 Å². The SMILES string of the molecule is CC(C)CN1CC2(CCNC2)OC1=O. The van der Waals surface area contributed by atoms with Crippen LogP contribution in [0.5, 0.6) is 0 Å². The minimum atomic E-state index is -0.216. The molecular weight excluding hydrogens is 180 g/mol. The number of nitrogens with zero attached hydrogens (tertiary/aromatic N) is 1. The highest BCUT2D eigenvalue weighted by Crippen LogP contribution is 2.28. The summed E-state index contributed by atoms with van der Waals surface area (Å²) in [4.78, 5) is 13.4. The van der Waals surface area contributed by atoms with Gasteiger partial charge in [-0.2, -0.15) is 0 Å². The Morgan fingerprint density at radius 3 is 3.00 bits per heavy atom. The quantitative estimate of drug-likeness (QED) is 0.714. The Labute approximate surface area is 84.6 Å². The molecule has 1 N–H and O–H groups in total. The third-order valence-electron chi connectivity index (χ3n) is 2.83. The van der Waals surface area contributed by atoms with Gasteiger partial charge in [0.2, 0.25) is 0 Å². The molecule has 0 aliphatic carbocycles. The van der Waals surface area contributed by atoms with Crippen molar-refractivity contribution >= 4 is 6.09 Å². The average Bonchev–Trinajstić information content (AvgIpc) is 2.61. The van der Waals surface area contributed by atoms with Gasteiger partial charge in [-0.25, -0.2) is 4.79 Å². The minimum Gasteiger partial charge on any atom is -0.439 e. The topological polar surface area (TPSA) is 41.6 Å². The van der Waals surface area contributed by atoms with Crippen LogP contribution in [0, 0.1) is 5.92 Å². The van der Waals surface area contributed by atoms with Crippen molar-refractivity contribution in [3.63, 3.8) is 0 Å². The van der Waals surface area contributed by atoms with E-state index in [0.29, 0.717) is 5.92 Å². The van der Waals surface area contributed by atoms with Gasteiger partial charge in [0.15, 0.2) is 0 Å². The molecule has 0 aromatic carbocycles. The summed E-state index contributed by atoms with van der Waals surface area (Å²) in [6.07, 6.45) is 0.815. The van der Waals surface area contributed by atoms with E-state index < -0.39 is 0 Å². The molecule has 0 radical (unpaired) electrons. The summed E-state index contributed by atoms with van der Waals surface area (Å²) in [5.74, 6) is 0.507. The zero-order chi connectivity index (χ0) is 10.2. The van der Waals surface area contributed by atoms with Gasteiger partial charge >= 0.3 is 6.09 Å². The maximum atomic E-state index is 11.5. The van der Waals surface area contributed by atoms with Crippen LogP contribution in [0.2, 0.25) is 0 Å². The molecule has 4 heteroatoms. The normalized spacial score (nSPS) is 31.9. The Bertz CT molecular complexity index is 234. The summed E-state index contributed by atoms with van der Waals surface area (Å²) in [6.45, 7) is 7.57. The molecule has 2 saturated heterocycles. The molecule has 1 atom stereocenters. The lowest BCUT2D eigenvalue weighted by atomic mass is 10.0. The Morgan fingerprint density at radius 2 is 2.43 bits per heavy atom. The Hall–Kier alpha value is -0.770. The molecule has 0 aromatic rings. The third kappa shape index (κ3) is 1.71. The third-order valence-corrected chi connectivity index (χ3v) is 2.83. The molecule has 4 nitrogen and oxygen atoms in total. The van der Waals surface area contributed by atoms with Gasteiger partial charge in [-0.3, -0.25) is 0 Å². The van der Waals surface area contributed by atoms with Gasteiger partial charge in [-0.05, 0) is 12.5 Å². The minimum absolute atomic E-state index is 0.137. The number of rotatable bonds is 2. The maximum Gasteiger partial charge on any atom is 0.410 e. The van der Waals surface area contributed by atoms with E-state index >= 15 is 0 Å². The molecule has 0 bridgehead atoms. The maximum absolute atomic E-state index is 11.5. The van der Waals surface area contributed by atoms with E-state index in [9.17, 15) is 4.79 Å². The van der Waals surface area contributed by atoms with Crippen LogP contribution in [0.4, 0.5) is 4.79 Å². The molecule has 1 amide bonds. The predicted octanol–water partition coefficient (Wildman–Crippen LogP) is 0.827. The highest BCUT2D eigenvalue weighted by molar-refractivity contribution is 5.70. The van der Waals surface area contributed by atoms with Crippen molar-refractivity contribution in [3.05, 3.63) is 0 Å². The number of carbonyl (C=O) groups is 1. The number of amides is 1. The average molecular weight is 198 g/mol. The monoisotopic (exact) mass is 198 g/mol. The van der Waals surface area contributed by atoms with Crippen LogP contribution >= 0.6 is 0 Å². The van der Waals surface area contributed by atoms with Crippen LogP contribution in [0.1, 0.15) is 20.3 Å². The van der Waals surface area contributed by atoms with Crippen LogP contribution in [-0.4, -0.2) is 42.8 Å². The highest BCUT2D eigenvalue weighted by atomic mass is 16.6. The van der Waals surface area contributed by atoms with E-state index in [-0.39, 0.29) is 11.7 Å². The molecule has 0 aromatic heterocycles. The van der Waals surface area contributed by atoms with Gasteiger partial charge < -0.3 is 15.0 Å². The van der Waals surface area contributed by atoms with Crippen molar-refractivity contribution in [3.8, 4) is 0 Å². The molecule has 2 aliphatic rings. The van der Waals surface area contributed by atoms with Crippen molar-refractivity contribution < 1.29 is 9.53 Å². The van der Waals surface area contributed by atoms with Crippen molar-refractivity contribution in [2.24, 2.45) is 5.92 Å². The molecule has 2 heterocycles. The van der Waals surface area contributed by atoms with Crippen LogP contribution in [-0.2, 0) is 4.74 Å². The van der Waals surface area contributed by atoms with Crippen LogP contribution in [0.15, 0.2) is 0 Å². The van der Waals surface area contributed by atoms with Crippen molar-refractivity contribution in [2.75, 3.05) is 26.2 Å². The Morgan fingerprint density at radius 1 is 1.64 bits per heavy atom. The van der Waals surface area contributed by atoms with E-state index in [0.717, 1.165) is 32.6 Å². The van der Waals surface area contributed by atoms with Gasteiger partial charge in [0.25, 0.3) is 0 Å². The summed E-state index contributed by atoms with van der Waals surface area (Å²) in [6, 6.07) is 0. The molecule has 0 saturated carbocycles. The summed E-state index contributed by atoms with van der Waals surface area (Å²) in [7, 11) is 0. The summed E-state index contributed by atoms with van der Waals surface area (Å²) >= 11 is 0. The lowest BCUT2D eigenvalue weighted by Gasteiger charge is -2.19. The fraction of sp³-hybridized carbons (Fsp3) is 0.900. The van der Waals surface area contributed by atoms with Gasteiger partial charge in [0, 0.05) is 19.5 Å². The Kier molecular flexibility index (Phi) is 2.39. The Balaban J connectivity index is 1.99. The number of carbonyl (C=O) groups excluding carboxylic acids is 1. The highest BCUT2D eigenvalue weighted by Gasteiger charge is 2.46. The first-order valence-corrected chi connectivity index (χ1v) is 5.30. The molecule has 14 heavy (non-hydrogen) atoms. The van der Waals surface area contributed by atoms with Gasteiger partial charge in [-0.1, -0.05) is 13.8 Å². The first-order valence-electron chi connectivity index (χ1n) is 5.30. The van der Waals surface area contributed by atoms with E-state index in [4.69, 9.17) is 4.74 Å². The second-order valence-corrected chi connectivity index (χ2v) is 4.75. The molecular formula is C10H18N2O2. The zero-order valence-electron chi connectivity index (χ0n) is 8.88. The number of hydrogen-bond donors (Lipinski definition) is 1. The van der Waals surface area contributed by atoms with Crippen LogP contribution in [0.25, 0.3) is 0 Å². The zero-order valence-corrected chi connectivity index (χ0v) is 8.88. The lowest BCUT2D eigenvalue weighted by Crippen LogP contribution is -2.37. The number of ether oxygens (including phenoxy) is 1. The van der Waals surface area contributed by atoms with Crippen LogP contribution < -0.4 is 5.32 Å². The van der Waals surface area contributed by atoms with E-state index in [2.05, 4.69) is 19.2 Å². The van der Waals surface area contributed by atoms with Crippen molar-refractivity contribution in [1.29, 1.82) is 0 Å². The summed E-state index contributed by atoms with van der Waals surface area (Å²) < 4.78 is 5.45. The summed E-state index contributed by atoms with van der Waals surface area (Å²) in [5.41, 5.74) is -0.216. The number of nitrogens with one attached hydrogen (secondary N) is 1. The van der Waals surface area contributed by atoms with Crippen molar-refractivity contribution in [2.45, 2.75) is 25.9 Å². The molecule has 2 rings (SSSR count). The van der Waals surface area contributed by atoms with E-state index in [1.54, 1.807) is 0 Å². The molecule has 2 aliphatic heterocycles. The largest absolute Gasteiger partial charge is 0.439 e. The molecule has 1 spiro atoms. The van der Waals surface area contributed by atoms with Crippen molar-refractivity contribution in [1.82, 2.24) is 10.2 Å². The van der Waals surface area contributed by atoms with Gasteiger partial charge in [0.1, 0.15) is 5.60 Å².